The third kappa shape index (κ3) is 2.78. The van der Waals surface area contributed by atoms with Crippen LogP contribution in [0.4, 0.5) is 0 Å². The lowest BCUT2D eigenvalue weighted by molar-refractivity contribution is 0.173. The zero-order valence-corrected chi connectivity index (χ0v) is 13.9. The van der Waals surface area contributed by atoms with E-state index in [9.17, 15) is 0 Å². The lowest BCUT2D eigenvalue weighted by Crippen LogP contribution is -2.18. The Morgan fingerprint density at radius 3 is 2.95 bits per heavy atom. The standard InChI is InChI=1S/C15H18BrN3O2/c1-9(12-7-18-19(3)10(12)2)17-6-11-4-13(16)15-14(5-11)20-8-21-15/h4-5,7,9,17H,6,8H2,1-3H3. The first-order valence-electron chi connectivity index (χ1n) is 6.86. The van der Waals surface area contributed by atoms with Crippen LogP contribution in [0.2, 0.25) is 0 Å². The zero-order valence-electron chi connectivity index (χ0n) is 12.3. The Balaban J connectivity index is 1.70. The van der Waals surface area contributed by atoms with E-state index in [0.717, 1.165) is 28.1 Å². The van der Waals surface area contributed by atoms with Crippen LogP contribution in [-0.4, -0.2) is 16.6 Å². The SMILES string of the molecule is Cc1c(C(C)NCc2cc(Br)c3c(c2)OCO3)cnn1C. The fourth-order valence-electron chi connectivity index (χ4n) is 2.44. The molecule has 3 rings (SSSR count). The third-order valence-corrected chi connectivity index (χ3v) is 4.43. The largest absolute Gasteiger partial charge is 0.454 e. The average molecular weight is 352 g/mol. The number of rotatable bonds is 4. The first kappa shape index (κ1) is 14.4. The molecule has 0 radical (unpaired) electrons. The van der Waals surface area contributed by atoms with Crippen molar-refractivity contribution in [2.24, 2.45) is 7.05 Å². The molecule has 0 bridgehead atoms. The van der Waals surface area contributed by atoms with Gasteiger partial charge in [0, 0.05) is 30.9 Å². The fraction of sp³-hybridized carbons (Fsp3) is 0.400. The molecule has 1 aliphatic rings. The summed E-state index contributed by atoms with van der Waals surface area (Å²) in [7, 11) is 1.96. The molecule has 0 fully saturated rings. The first-order valence-corrected chi connectivity index (χ1v) is 7.65. The van der Waals surface area contributed by atoms with E-state index in [1.54, 1.807) is 0 Å². The normalized spacial score (nSPS) is 14.5. The quantitative estimate of drug-likeness (QED) is 0.919. The number of halogens is 1. The Kier molecular flexibility index (Phi) is 3.91. The Morgan fingerprint density at radius 1 is 1.43 bits per heavy atom. The Labute approximate surface area is 132 Å². The molecule has 0 saturated carbocycles. The molecule has 1 aliphatic heterocycles. The van der Waals surface area contributed by atoms with Gasteiger partial charge in [0.1, 0.15) is 0 Å². The number of fused-ring (bicyclic) bond motifs is 1. The van der Waals surface area contributed by atoms with Gasteiger partial charge in [-0.3, -0.25) is 4.68 Å². The van der Waals surface area contributed by atoms with Crippen LogP contribution in [0.5, 0.6) is 11.5 Å². The first-order chi connectivity index (χ1) is 10.1. The Morgan fingerprint density at radius 2 is 2.24 bits per heavy atom. The summed E-state index contributed by atoms with van der Waals surface area (Å²) in [4.78, 5) is 0. The predicted octanol–water partition coefficient (Wildman–Crippen LogP) is 3.07. The van der Waals surface area contributed by atoms with Crippen molar-refractivity contribution in [2.45, 2.75) is 26.4 Å². The highest BCUT2D eigenvalue weighted by atomic mass is 79.9. The number of aryl methyl sites for hydroxylation is 1. The van der Waals surface area contributed by atoms with Crippen LogP contribution in [0.3, 0.4) is 0 Å². The van der Waals surface area contributed by atoms with Crippen LogP contribution in [0, 0.1) is 6.92 Å². The van der Waals surface area contributed by atoms with Crippen molar-refractivity contribution in [3.63, 3.8) is 0 Å². The smallest absolute Gasteiger partial charge is 0.231 e. The minimum Gasteiger partial charge on any atom is -0.454 e. The molecule has 0 spiro atoms. The number of hydrogen-bond acceptors (Lipinski definition) is 4. The summed E-state index contributed by atoms with van der Waals surface area (Å²) in [6.07, 6.45) is 1.92. The molecule has 5 nitrogen and oxygen atoms in total. The van der Waals surface area contributed by atoms with Crippen molar-refractivity contribution in [1.29, 1.82) is 0 Å². The van der Waals surface area contributed by atoms with Crippen molar-refractivity contribution < 1.29 is 9.47 Å². The summed E-state index contributed by atoms with van der Waals surface area (Å²) in [5.74, 6) is 1.58. The van der Waals surface area contributed by atoms with E-state index in [1.807, 2.05) is 24.0 Å². The van der Waals surface area contributed by atoms with E-state index in [-0.39, 0.29) is 12.8 Å². The van der Waals surface area contributed by atoms with Crippen molar-refractivity contribution in [2.75, 3.05) is 6.79 Å². The number of benzene rings is 1. The number of ether oxygens (including phenoxy) is 2. The number of nitrogens with one attached hydrogen (secondary N) is 1. The van der Waals surface area contributed by atoms with Crippen LogP contribution in [0.1, 0.15) is 29.8 Å². The van der Waals surface area contributed by atoms with Gasteiger partial charge in [0.25, 0.3) is 0 Å². The maximum absolute atomic E-state index is 5.44. The van der Waals surface area contributed by atoms with Crippen molar-refractivity contribution in [3.05, 3.63) is 39.6 Å². The monoisotopic (exact) mass is 351 g/mol. The van der Waals surface area contributed by atoms with Gasteiger partial charge in [-0.1, -0.05) is 0 Å². The van der Waals surface area contributed by atoms with Crippen LogP contribution < -0.4 is 14.8 Å². The molecule has 112 valence electrons. The molecule has 2 heterocycles. The lowest BCUT2D eigenvalue weighted by Gasteiger charge is -2.14. The molecular formula is C15H18BrN3O2. The molecule has 2 aromatic rings. The summed E-state index contributed by atoms with van der Waals surface area (Å²) >= 11 is 3.52. The molecule has 0 saturated heterocycles. The van der Waals surface area contributed by atoms with E-state index < -0.39 is 0 Å². The van der Waals surface area contributed by atoms with Crippen molar-refractivity contribution >= 4 is 15.9 Å². The predicted molar refractivity (Wildman–Crippen MR) is 83.5 cm³/mol. The van der Waals surface area contributed by atoms with Gasteiger partial charge >= 0.3 is 0 Å². The highest BCUT2D eigenvalue weighted by Gasteiger charge is 2.18. The molecule has 1 aromatic carbocycles. The average Bonchev–Trinajstić information content (AvgIpc) is 3.05. The van der Waals surface area contributed by atoms with Gasteiger partial charge in [-0.25, -0.2) is 0 Å². The van der Waals surface area contributed by atoms with E-state index in [0.29, 0.717) is 0 Å². The molecule has 6 heteroatoms. The van der Waals surface area contributed by atoms with Crippen LogP contribution in [-0.2, 0) is 13.6 Å². The molecule has 1 atom stereocenters. The van der Waals surface area contributed by atoms with Gasteiger partial charge in [-0.05, 0) is 47.5 Å². The van der Waals surface area contributed by atoms with Crippen molar-refractivity contribution in [3.8, 4) is 11.5 Å². The third-order valence-electron chi connectivity index (χ3n) is 3.84. The topological polar surface area (TPSA) is 48.3 Å². The molecule has 1 N–H and O–H groups in total. The van der Waals surface area contributed by atoms with Gasteiger partial charge in [0.05, 0.1) is 10.7 Å². The van der Waals surface area contributed by atoms with Gasteiger partial charge in [0.2, 0.25) is 6.79 Å². The molecule has 1 aromatic heterocycles. The summed E-state index contributed by atoms with van der Waals surface area (Å²) in [5.41, 5.74) is 3.55. The van der Waals surface area contributed by atoms with E-state index in [1.165, 1.54) is 11.3 Å². The van der Waals surface area contributed by atoms with Gasteiger partial charge < -0.3 is 14.8 Å². The van der Waals surface area contributed by atoms with E-state index in [2.05, 4.69) is 46.3 Å². The number of hydrogen-bond donors (Lipinski definition) is 1. The van der Waals surface area contributed by atoms with E-state index >= 15 is 0 Å². The van der Waals surface area contributed by atoms with Crippen LogP contribution >= 0.6 is 15.9 Å². The van der Waals surface area contributed by atoms with E-state index in [4.69, 9.17) is 9.47 Å². The highest BCUT2D eigenvalue weighted by Crippen LogP contribution is 2.40. The minimum absolute atomic E-state index is 0.239. The second kappa shape index (κ2) is 5.69. The molecule has 0 aliphatic carbocycles. The number of aromatic nitrogens is 2. The maximum atomic E-state index is 5.44. The number of nitrogens with zero attached hydrogens (tertiary/aromatic N) is 2. The Hall–Kier alpha value is -1.53. The zero-order chi connectivity index (χ0) is 15.0. The maximum Gasteiger partial charge on any atom is 0.231 e. The fourth-order valence-corrected chi connectivity index (χ4v) is 3.05. The van der Waals surface area contributed by atoms with Gasteiger partial charge in [0.15, 0.2) is 11.5 Å². The van der Waals surface area contributed by atoms with Gasteiger partial charge in [-0.2, -0.15) is 5.10 Å². The molecular weight excluding hydrogens is 334 g/mol. The second-order valence-corrected chi connectivity index (χ2v) is 6.08. The van der Waals surface area contributed by atoms with Crippen LogP contribution in [0.15, 0.2) is 22.8 Å². The minimum atomic E-state index is 0.239. The van der Waals surface area contributed by atoms with Gasteiger partial charge in [-0.15, -0.1) is 0 Å². The second-order valence-electron chi connectivity index (χ2n) is 5.22. The summed E-state index contributed by atoms with van der Waals surface area (Å²) in [5, 5.41) is 7.80. The molecule has 0 amide bonds. The highest BCUT2D eigenvalue weighted by molar-refractivity contribution is 9.10. The van der Waals surface area contributed by atoms with Crippen molar-refractivity contribution in [1.82, 2.24) is 15.1 Å². The van der Waals surface area contributed by atoms with Crippen LogP contribution in [0.25, 0.3) is 0 Å². The molecule has 21 heavy (non-hydrogen) atoms. The summed E-state index contributed by atoms with van der Waals surface area (Å²) in [6.45, 7) is 5.27. The summed E-state index contributed by atoms with van der Waals surface area (Å²) < 4.78 is 13.7. The summed E-state index contributed by atoms with van der Waals surface area (Å²) in [6, 6.07) is 4.31. The Bertz CT molecular complexity index is 669. The molecule has 1 unspecified atom stereocenters. The lowest BCUT2D eigenvalue weighted by atomic mass is 10.1.